The van der Waals surface area contributed by atoms with Crippen LogP contribution in [0.5, 0.6) is 0 Å². The number of nitrogens with one attached hydrogen (secondary N) is 2. The average molecular weight is 379 g/mol. The fraction of sp³-hybridized carbons (Fsp3) is 0.111. The van der Waals surface area contributed by atoms with Crippen LogP contribution in [0.3, 0.4) is 0 Å². The first kappa shape index (κ1) is 18.0. The number of halogens is 4. The van der Waals surface area contributed by atoms with Crippen LogP contribution in [0.2, 0.25) is 5.02 Å². The molecule has 1 heterocycles. The van der Waals surface area contributed by atoms with Crippen molar-refractivity contribution in [2.24, 2.45) is 0 Å². The summed E-state index contributed by atoms with van der Waals surface area (Å²) in [4.78, 5) is 7.78. The van der Waals surface area contributed by atoms with E-state index in [0.717, 1.165) is 11.8 Å². The molecule has 4 nitrogen and oxygen atoms in total. The number of alkyl halides is 3. The first-order valence-electron chi connectivity index (χ1n) is 7.62. The molecule has 1 aromatic heterocycles. The van der Waals surface area contributed by atoms with Gasteiger partial charge in [-0.1, -0.05) is 29.8 Å². The highest BCUT2D eigenvalue weighted by molar-refractivity contribution is 6.30. The molecule has 0 atom stereocenters. The van der Waals surface area contributed by atoms with E-state index in [1.165, 1.54) is 0 Å². The second kappa shape index (κ2) is 7.21. The number of rotatable bonds is 4. The average Bonchev–Trinajstić information content (AvgIpc) is 2.58. The second-order valence-corrected chi connectivity index (χ2v) is 5.96. The highest BCUT2D eigenvalue weighted by Gasteiger charge is 2.35. The maximum absolute atomic E-state index is 13.3. The number of para-hydroxylation sites is 1. The minimum atomic E-state index is -4.58. The molecule has 8 heteroatoms. The van der Waals surface area contributed by atoms with Gasteiger partial charge in [-0.3, -0.25) is 0 Å². The van der Waals surface area contributed by atoms with Crippen LogP contribution in [0, 0.1) is 6.92 Å². The Balaban J connectivity index is 1.96. The normalized spacial score (nSPS) is 11.3. The van der Waals surface area contributed by atoms with Gasteiger partial charge in [0.1, 0.15) is 11.4 Å². The topological polar surface area (TPSA) is 49.8 Å². The molecule has 134 valence electrons. The highest BCUT2D eigenvalue weighted by Crippen LogP contribution is 2.35. The van der Waals surface area contributed by atoms with Crippen LogP contribution in [0.1, 0.15) is 11.1 Å². The summed E-state index contributed by atoms with van der Waals surface area (Å²) >= 11 is 5.82. The van der Waals surface area contributed by atoms with Crippen molar-refractivity contribution in [2.45, 2.75) is 13.1 Å². The molecule has 0 aliphatic carbocycles. The molecule has 0 aliphatic rings. The van der Waals surface area contributed by atoms with Crippen molar-refractivity contribution in [2.75, 3.05) is 10.6 Å². The number of anilines is 4. The van der Waals surface area contributed by atoms with Crippen LogP contribution in [0.4, 0.5) is 36.3 Å². The lowest BCUT2D eigenvalue weighted by Gasteiger charge is -2.16. The lowest BCUT2D eigenvalue weighted by atomic mass is 10.2. The maximum atomic E-state index is 13.3. The highest BCUT2D eigenvalue weighted by atomic mass is 35.5. The van der Waals surface area contributed by atoms with Crippen LogP contribution in [-0.2, 0) is 6.18 Å². The zero-order chi connectivity index (χ0) is 18.7. The van der Waals surface area contributed by atoms with Gasteiger partial charge >= 0.3 is 6.18 Å². The number of aromatic nitrogens is 2. The first-order chi connectivity index (χ1) is 12.3. The predicted molar refractivity (Wildman–Crippen MR) is 96.2 cm³/mol. The summed E-state index contributed by atoms with van der Waals surface area (Å²) in [5.74, 6) is -0.283. The van der Waals surface area contributed by atoms with E-state index in [1.54, 1.807) is 55.5 Å². The summed E-state index contributed by atoms with van der Waals surface area (Å²) in [6.45, 7) is 1.80. The second-order valence-electron chi connectivity index (χ2n) is 5.53. The van der Waals surface area contributed by atoms with Gasteiger partial charge in [0.25, 0.3) is 0 Å². The van der Waals surface area contributed by atoms with Crippen molar-refractivity contribution >= 4 is 34.7 Å². The molecule has 0 amide bonds. The van der Waals surface area contributed by atoms with E-state index in [0.29, 0.717) is 16.4 Å². The largest absolute Gasteiger partial charge is 0.421 e. The zero-order valence-electron chi connectivity index (χ0n) is 13.6. The number of hydrogen-bond acceptors (Lipinski definition) is 4. The molecule has 3 aromatic rings. The van der Waals surface area contributed by atoms with Crippen molar-refractivity contribution in [3.05, 3.63) is 70.9 Å². The standard InChI is InChI=1S/C18H14ClF3N4/c1-11-4-2-3-5-15(11)25-16-14(18(20,21)22)10-23-17(26-16)24-13-8-6-12(19)7-9-13/h2-10H,1H3,(H2,23,24,25,26). The van der Waals surface area contributed by atoms with Gasteiger partial charge in [0.2, 0.25) is 5.95 Å². The van der Waals surface area contributed by atoms with Gasteiger partial charge in [-0.25, -0.2) is 4.98 Å². The van der Waals surface area contributed by atoms with E-state index in [9.17, 15) is 13.2 Å². The van der Waals surface area contributed by atoms with Crippen molar-refractivity contribution in [1.82, 2.24) is 9.97 Å². The van der Waals surface area contributed by atoms with E-state index < -0.39 is 11.7 Å². The molecule has 0 bridgehead atoms. The Bertz CT molecular complexity index is 911. The lowest BCUT2D eigenvalue weighted by molar-refractivity contribution is -0.137. The third-order valence-corrected chi connectivity index (χ3v) is 3.84. The molecule has 0 aliphatic heterocycles. The molecule has 2 N–H and O–H groups in total. The Morgan fingerprint density at radius 3 is 2.31 bits per heavy atom. The number of nitrogens with zero attached hydrogens (tertiary/aromatic N) is 2. The molecule has 0 unspecified atom stereocenters. The minimum Gasteiger partial charge on any atom is -0.339 e. The fourth-order valence-electron chi connectivity index (χ4n) is 2.25. The van der Waals surface area contributed by atoms with E-state index in [1.807, 2.05) is 0 Å². The molecule has 0 spiro atoms. The Labute approximate surface area is 153 Å². The van der Waals surface area contributed by atoms with Gasteiger partial charge < -0.3 is 10.6 Å². The van der Waals surface area contributed by atoms with Crippen molar-refractivity contribution in [3.8, 4) is 0 Å². The summed E-state index contributed by atoms with van der Waals surface area (Å²) in [6.07, 6.45) is -3.82. The Morgan fingerprint density at radius 2 is 1.65 bits per heavy atom. The third kappa shape index (κ3) is 4.23. The van der Waals surface area contributed by atoms with E-state index in [4.69, 9.17) is 11.6 Å². The fourth-order valence-corrected chi connectivity index (χ4v) is 2.37. The quantitative estimate of drug-likeness (QED) is 0.589. The molecule has 0 fully saturated rings. The Hall–Kier alpha value is -2.80. The maximum Gasteiger partial charge on any atom is 0.421 e. The zero-order valence-corrected chi connectivity index (χ0v) is 14.4. The molecule has 3 rings (SSSR count). The molecular weight excluding hydrogens is 365 g/mol. The van der Waals surface area contributed by atoms with E-state index >= 15 is 0 Å². The monoisotopic (exact) mass is 378 g/mol. The van der Waals surface area contributed by atoms with Gasteiger partial charge in [-0.05, 0) is 42.8 Å². The number of benzene rings is 2. The number of hydrogen-bond donors (Lipinski definition) is 2. The first-order valence-corrected chi connectivity index (χ1v) is 8.00. The summed E-state index contributed by atoms with van der Waals surface area (Å²) in [7, 11) is 0. The van der Waals surface area contributed by atoms with Crippen LogP contribution in [-0.4, -0.2) is 9.97 Å². The summed E-state index contributed by atoms with van der Waals surface area (Å²) in [5, 5.41) is 6.16. The lowest BCUT2D eigenvalue weighted by Crippen LogP contribution is -2.13. The summed E-state index contributed by atoms with van der Waals surface area (Å²) in [6, 6.07) is 13.7. The Morgan fingerprint density at radius 1 is 0.962 bits per heavy atom. The van der Waals surface area contributed by atoms with Crippen molar-refractivity contribution in [1.29, 1.82) is 0 Å². The molecule has 26 heavy (non-hydrogen) atoms. The smallest absolute Gasteiger partial charge is 0.339 e. The summed E-state index contributed by atoms with van der Waals surface area (Å²) in [5.41, 5.74) is 0.999. The van der Waals surface area contributed by atoms with Crippen LogP contribution in [0.15, 0.2) is 54.7 Å². The van der Waals surface area contributed by atoms with E-state index in [2.05, 4.69) is 20.6 Å². The van der Waals surface area contributed by atoms with Gasteiger partial charge in [0.05, 0.1) is 0 Å². The minimum absolute atomic E-state index is 0.0383. The molecule has 0 saturated heterocycles. The third-order valence-electron chi connectivity index (χ3n) is 3.59. The van der Waals surface area contributed by atoms with Crippen LogP contribution in [0.25, 0.3) is 0 Å². The van der Waals surface area contributed by atoms with Gasteiger partial charge in [0, 0.05) is 22.6 Å². The molecule has 0 radical (unpaired) electrons. The van der Waals surface area contributed by atoms with E-state index in [-0.39, 0.29) is 11.8 Å². The molecular formula is C18H14ClF3N4. The molecule has 0 saturated carbocycles. The summed E-state index contributed by atoms with van der Waals surface area (Å²) < 4.78 is 39.9. The van der Waals surface area contributed by atoms with Crippen molar-refractivity contribution < 1.29 is 13.2 Å². The SMILES string of the molecule is Cc1ccccc1Nc1nc(Nc2ccc(Cl)cc2)ncc1C(F)(F)F. The van der Waals surface area contributed by atoms with Crippen LogP contribution < -0.4 is 10.6 Å². The predicted octanol–water partition coefficient (Wildman–Crippen LogP) is 5.94. The van der Waals surface area contributed by atoms with Crippen LogP contribution >= 0.6 is 11.6 Å². The number of aryl methyl sites for hydroxylation is 1. The van der Waals surface area contributed by atoms with Gasteiger partial charge in [-0.2, -0.15) is 18.2 Å². The van der Waals surface area contributed by atoms with Crippen molar-refractivity contribution in [3.63, 3.8) is 0 Å². The Kier molecular flexibility index (Phi) is 4.99. The molecule has 2 aromatic carbocycles. The van der Waals surface area contributed by atoms with Gasteiger partial charge in [0.15, 0.2) is 0 Å². The van der Waals surface area contributed by atoms with Gasteiger partial charge in [-0.15, -0.1) is 0 Å².